The number of halogens is 3. The Bertz CT molecular complexity index is 674. The van der Waals surface area contributed by atoms with E-state index in [2.05, 4.69) is 4.90 Å². The van der Waals surface area contributed by atoms with Crippen LogP contribution in [0.5, 0.6) is 0 Å². The van der Waals surface area contributed by atoms with Crippen molar-refractivity contribution in [1.82, 2.24) is 9.80 Å². The first kappa shape index (κ1) is 20.1. The molecule has 2 aliphatic heterocycles. The number of likely N-dealkylation sites (tertiary alicyclic amines) is 2. The highest BCUT2D eigenvalue weighted by Crippen LogP contribution is 2.44. The standard InChI is InChI=1S/C20H27F3N2O2/c1-18(20(21,22)23,15-9-5-4-6-10-15)17(26)27-19(13-24(2)14-19)16-11-7-8-12-25(16)3/h4-6,9-10,16H,7-8,11-14H2,1-3H3/t16-,18-/m1/s1. The summed E-state index contributed by atoms with van der Waals surface area (Å²) in [7, 11) is 3.84. The number of carbonyl (C=O) groups is 1. The predicted octanol–water partition coefficient (Wildman–Crippen LogP) is 3.22. The molecule has 1 aromatic carbocycles. The van der Waals surface area contributed by atoms with Gasteiger partial charge in [0.05, 0.1) is 6.04 Å². The Labute approximate surface area is 158 Å². The number of nitrogens with zero attached hydrogens (tertiary/aromatic N) is 2. The van der Waals surface area contributed by atoms with Gasteiger partial charge in [-0.25, -0.2) is 0 Å². The van der Waals surface area contributed by atoms with Crippen LogP contribution in [0.15, 0.2) is 30.3 Å². The van der Waals surface area contributed by atoms with Gasteiger partial charge in [0.2, 0.25) is 0 Å². The molecular formula is C20H27F3N2O2. The molecule has 0 saturated carbocycles. The second-order valence-electron chi connectivity index (χ2n) is 8.11. The Hall–Kier alpha value is -1.60. The summed E-state index contributed by atoms with van der Waals surface area (Å²) in [6.07, 6.45) is -1.88. The number of likely N-dealkylation sites (N-methyl/N-ethyl adjacent to an activating group) is 2. The third-order valence-electron chi connectivity index (χ3n) is 6.08. The van der Waals surface area contributed by atoms with Gasteiger partial charge in [0.15, 0.2) is 11.0 Å². The average Bonchev–Trinajstić information content (AvgIpc) is 2.59. The summed E-state index contributed by atoms with van der Waals surface area (Å²) in [5, 5.41) is 0. The largest absolute Gasteiger partial charge is 0.454 e. The van der Waals surface area contributed by atoms with Crippen LogP contribution < -0.4 is 0 Å². The Morgan fingerprint density at radius 1 is 1.15 bits per heavy atom. The number of rotatable bonds is 4. The SMILES string of the molecule is CN1CC(OC(=O)[C@@](C)(c2ccccc2)C(F)(F)F)([C@H]2CCCCN2C)C1. The molecule has 1 aromatic rings. The molecular weight excluding hydrogens is 357 g/mol. The first-order valence-electron chi connectivity index (χ1n) is 9.35. The van der Waals surface area contributed by atoms with Gasteiger partial charge in [-0.15, -0.1) is 0 Å². The van der Waals surface area contributed by atoms with Gasteiger partial charge in [-0.1, -0.05) is 36.8 Å². The van der Waals surface area contributed by atoms with E-state index < -0.39 is 23.2 Å². The van der Waals surface area contributed by atoms with Crippen molar-refractivity contribution in [3.63, 3.8) is 0 Å². The molecule has 27 heavy (non-hydrogen) atoms. The first-order chi connectivity index (χ1) is 12.6. The lowest BCUT2D eigenvalue weighted by Gasteiger charge is -2.55. The molecule has 4 nitrogen and oxygen atoms in total. The molecule has 0 aromatic heterocycles. The topological polar surface area (TPSA) is 32.8 Å². The van der Waals surface area contributed by atoms with E-state index in [-0.39, 0.29) is 11.6 Å². The van der Waals surface area contributed by atoms with E-state index in [1.165, 1.54) is 24.3 Å². The zero-order valence-electron chi connectivity index (χ0n) is 16.1. The molecule has 2 saturated heterocycles. The number of carbonyl (C=O) groups excluding carboxylic acids is 1. The molecule has 2 heterocycles. The number of alkyl halides is 3. The fourth-order valence-corrected chi connectivity index (χ4v) is 4.41. The van der Waals surface area contributed by atoms with Gasteiger partial charge < -0.3 is 4.74 Å². The van der Waals surface area contributed by atoms with E-state index >= 15 is 0 Å². The van der Waals surface area contributed by atoms with Crippen molar-refractivity contribution in [2.75, 3.05) is 33.7 Å². The number of benzene rings is 1. The van der Waals surface area contributed by atoms with Gasteiger partial charge >= 0.3 is 12.1 Å². The monoisotopic (exact) mass is 384 g/mol. The van der Waals surface area contributed by atoms with E-state index in [1.807, 2.05) is 19.0 Å². The summed E-state index contributed by atoms with van der Waals surface area (Å²) < 4.78 is 47.8. The lowest BCUT2D eigenvalue weighted by Crippen LogP contribution is -2.72. The van der Waals surface area contributed by atoms with Gasteiger partial charge in [0, 0.05) is 13.1 Å². The number of esters is 1. The fourth-order valence-electron chi connectivity index (χ4n) is 4.41. The normalized spacial score (nSPS) is 26.1. The minimum atomic E-state index is -4.75. The summed E-state index contributed by atoms with van der Waals surface area (Å²) in [4.78, 5) is 17.1. The number of piperidine rings is 1. The maximum atomic E-state index is 14.0. The predicted molar refractivity (Wildman–Crippen MR) is 96.4 cm³/mol. The highest BCUT2D eigenvalue weighted by molar-refractivity contribution is 5.84. The smallest absolute Gasteiger partial charge is 0.408 e. The molecule has 2 atom stereocenters. The molecule has 0 aliphatic carbocycles. The van der Waals surface area contributed by atoms with Crippen molar-refractivity contribution in [2.24, 2.45) is 0 Å². The van der Waals surface area contributed by atoms with Crippen molar-refractivity contribution in [3.8, 4) is 0 Å². The van der Waals surface area contributed by atoms with Crippen LogP contribution in [0.2, 0.25) is 0 Å². The van der Waals surface area contributed by atoms with Crippen molar-refractivity contribution >= 4 is 5.97 Å². The third-order valence-corrected chi connectivity index (χ3v) is 6.08. The van der Waals surface area contributed by atoms with Crippen LogP contribution in [-0.4, -0.2) is 67.3 Å². The molecule has 2 fully saturated rings. The van der Waals surface area contributed by atoms with Crippen LogP contribution in [-0.2, 0) is 14.9 Å². The second-order valence-corrected chi connectivity index (χ2v) is 8.11. The Kier molecular flexibility index (Phi) is 5.29. The van der Waals surface area contributed by atoms with Crippen molar-refractivity contribution in [2.45, 2.75) is 49.4 Å². The Morgan fingerprint density at radius 2 is 1.78 bits per heavy atom. The van der Waals surface area contributed by atoms with Gasteiger partial charge in [0.1, 0.15) is 0 Å². The molecule has 0 amide bonds. The quantitative estimate of drug-likeness (QED) is 0.747. The van der Waals surface area contributed by atoms with E-state index in [0.717, 1.165) is 32.7 Å². The summed E-state index contributed by atoms with van der Waals surface area (Å²) in [5.74, 6) is -1.21. The average molecular weight is 384 g/mol. The minimum absolute atomic E-state index is 0.0559. The number of ether oxygens (including phenoxy) is 1. The molecule has 0 spiro atoms. The van der Waals surface area contributed by atoms with Crippen LogP contribution in [0.25, 0.3) is 0 Å². The van der Waals surface area contributed by atoms with Crippen LogP contribution in [0.4, 0.5) is 13.2 Å². The maximum absolute atomic E-state index is 14.0. The van der Waals surface area contributed by atoms with Crippen LogP contribution in [0.3, 0.4) is 0 Å². The summed E-state index contributed by atoms with van der Waals surface area (Å²) in [5.41, 5.74) is -3.67. The van der Waals surface area contributed by atoms with E-state index in [9.17, 15) is 18.0 Å². The summed E-state index contributed by atoms with van der Waals surface area (Å²) in [6, 6.07) is 7.26. The fraction of sp³-hybridized carbons (Fsp3) is 0.650. The lowest BCUT2D eigenvalue weighted by atomic mass is 9.78. The highest BCUT2D eigenvalue weighted by atomic mass is 19.4. The Balaban J connectivity index is 1.92. The molecule has 7 heteroatoms. The van der Waals surface area contributed by atoms with Crippen molar-refractivity contribution < 1.29 is 22.7 Å². The molecule has 0 N–H and O–H groups in total. The first-order valence-corrected chi connectivity index (χ1v) is 9.35. The zero-order valence-corrected chi connectivity index (χ0v) is 16.1. The Morgan fingerprint density at radius 3 is 2.30 bits per heavy atom. The molecule has 0 radical (unpaired) electrons. The zero-order chi connectivity index (χ0) is 19.9. The third kappa shape index (κ3) is 3.47. The van der Waals surface area contributed by atoms with Gasteiger partial charge in [0.25, 0.3) is 0 Å². The van der Waals surface area contributed by atoms with E-state index in [4.69, 9.17) is 4.74 Å². The van der Waals surface area contributed by atoms with E-state index in [0.29, 0.717) is 13.1 Å². The van der Waals surface area contributed by atoms with E-state index in [1.54, 1.807) is 6.07 Å². The second kappa shape index (κ2) is 7.09. The summed E-state index contributed by atoms with van der Waals surface area (Å²) in [6.45, 7) is 2.70. The van der Waals surface area contributed by atoms with Gasteiger partial charge in [-0.05, 0) is 46.0 Å². The van der Waals surface area contributed by atoms with Crippen LogP contribution in [0, 0.1) is 0 Å². The molecule has 0 bridgehead atoms. The highest BCUT2D eigenvalue weighted by Gasteiger charge is 2.62. The van der Waals surface area contributed by atoms with Crippen molar-refractivity contribution in [1.29, 1.82) is 0 Å². The van der Waals surface area contributed by atoms with Crippen molar-refractivity contribution in [3.05, 3.63) is 35.9 Å². The molecule has 3 rings (SSSR count). The summed E-state index contributed by atoms with van der Waals surface area (Å²) >= 11 is 0. The maximum Gasteiger partial charge on any atom is 0.408 e. The van der Waals surface area contributed by atoms with Crippen LogP contribution >= 0.6 is 0 Å². The van der Waals surface area contributed by atoms with Gasteiger partial charge in [-0.3, -0.25) is 14.6 Å². The number of hydrogen-bond acceptors (Lipinski definition) is 4. The lowest BCUT2D eigenvalue weighted by molar-refractivity contribution is -0.232. The molecule has 150 valence electrons. The molecule has 2 aliphatic rings. The number of hydrogen-bond donors (Lipinski definition) is 0. The van der Waals surface area contributed by atoms with Gasteiger partial charge in [-0.2, -0.15) is 13.2 Å². The minimum Gasteiger partial charge on any atom is -0.454 e. The molecule has 0 unspecified atom stereocenters. The van der Waals surface area contributed by atoms with Crippen LogP contribution in [0.1, 0.15) is 31.7 Å².